The Hall–Kier alpha value is -0.570. The van der Waals surface area contributed by atoms with Gasteiger partial charge in [-0.3, -0.25) is 0 Å². The molecule has 1 nitrogen and oxygen atoms in total. The first-order chi connectivity index (χ1) is 8.15. The van der Waals surface area contributed by atoms with E-state index in [9.17, 15) is 4.39 Å². The maximum Gasteiger partial charge on any atom is 0.146 e. The van der Waals surface area contributed by atoms with Crippen LogP contribution in [0.1, 0.15) is 32.3 Å². The molecule has 0 N–H and O–H groups in total. The third-order valence-electron chi connectivity index (χ3n) is 3.88. The average Bonchev–Trinajstić information content (AvgIpc) is 2.33. The summed E-state index contributed by atoms with van der Waals surface area (Å²) in [6, 6.07) is 5.76. The predicted molar refractivity (Wildman–Crippen MR) is 74.2 cm³/mol. The Morgan fingerprint density at radius 2 is 2.18 bits per heavy atom. The number of halogens is 2. The molecule has 0 aromatic heterocycles. The second-order valence-corrected chi connectivity index (χ2v) is 5.50. The topological polar surface area (TPSA) is 3.24 Å². The lowest BCUT2D eigenvalue weighted by Gasteiger charge is -2.40. The second-order valence-electron chi connectivity index (χ2n) is 4.93. The predicted octanol–water partition coefficient (Wildman–Crippen LogP) is 4.35. The number of nitrogens with zero attached hydrogens (tertiary/aromatic N) is 1. The largest absolute Gasteiger partial charge is 0.366 e. The summed E-state index contributed by atoms with van der Waals surface area (Å²) in [5.41, 5.74) is 1.84. The van der Waals surface area contributed by atoms with Gasteiger partial charge in [0.2, 0.25) is 0 Å². The molecule has 2 rings (SSSR count). The number of hydrogen-bond donors (Lipinski definition) is 0. The van der Waals surface area contributed by atoms with Crippen LogP contribution in [0.4, 0.5) is 10.1 Å². The highest BCUT2D eigenvalue weighted by Crippen LogP contribution is 2.33. The van der Waals surface area contributed by atoms with Gasteiger partial charge < -0.3 is 4.90 Å². The van der Waals surface area contributed by atoms with Crippen LogP contribution in [-0.4, -0.2) is 12.6 Å². The number of alkyl halides is 1. The Morgan fingerprint density at radius 3 is 2.88 bits per heavy atom. The molecule has 2 unspecified atom stereocenters. The number of para-hydroxylation sites is 1. The van der Waals surface area contributed by atoms with Crippen LogP contribution >= 0.6 is 15.9 Å². The number of benzene rings is 1. The van der Waals surface area contributed by atoms with E-state index in [1.807, 2.05) is 6.07 Å². The molecule has 1 aliphatic heterocycles. The smallest absolute Gasteiger partial charge is 0.146 e. The molecular formula is C14H19BrFN. The summed E-state index contributed by atoms with van der Waals surface area (Å²) in [5, 5.41) is 0.706. The molecule has 17 heavy (non-hydrogen) atoms. The van der Waals surface area contributed by atoms with Crippen LogP contribution in [-0.2, 0) is 5.33 Å². The van der Waals surface area contributed by atoms with E-state index in [2.05, 4.69) is 34.7 Å². The summed E-state index contributed by atoms with van der Waals surface area (Å²) >= 11 is 3.45. The molecule has 1 saturated heterocycles. The van der Waals surface area contributed by atoms with E-state index in [1.165, 1.54) is 6.42 Å². The lowest BCUT2D eigenvalue weighted by molar-refractivity contribution is 0.360. The van der Waals surface area contributed by atoms with Crippen molar-refractivity contribution in [1.82, 2.24) is 0 Å². The number of piperidine rings is 1. The zero-order valence-corrected chi connectivity index (χ0v) is 12.0. The normalized spacial score (nSPS) is 25.1. The van der Waals surface area contributed by atoms with E-state index >= 15 is 0 Å². The Morgan fingerprint density at radius 1 is 1.41 bits per heavy atom. The van der Waals surface area contributed by atoms with Crippen molar-refractivity contribution in [2.24, 2.45) is 5.92 Å². The van der Waals surface area contributed by atoms with Gasteiger partial charge in [-0.15, -0.1) is 0 Å². The standard InChI is InChI=1S/C14H19BrFN/c1-10-5-4-8-17(11(10)2)14-12(9-15)6-3-7-13(14)16/h3,6-7,10-11H,4-5,8-9H2,1-2H3. The SMILES string of the molecule is CC1CCCN(c2c(F)cccc2CBr)C1C. The molecule has 2 atom stereocenters. The van der Waals surface area contributed by atoms with Gasteiger partial charge in [-0.25, -0.2) is 4.39 Å². The lowest BCUT2D eigenvalue weighted by atomic mass is 9.91. The van der Waals surface area contributed by atoms with Crippen molar-refractivity contribution in [2.45, 2.75) is 38.1 Å². The van der Waals surface area contributed by atoms with E-state index in [1.54, 1.807) is 12.1 Å². The molecule has 1 aromatic rings. The van der Waals surface area contributed by atoms with Crippen molar-refractivity contribution in [2.75, 3.05) is 11.4 Å². The van der Waals surface area contributed by atoms with Crippen molar-refractivity contribution >= 4 is 21.6 Å². The fourth-order valence-electron chi connectivity index (χ4n) is 2.64. The monoisotopic (exact) mass is 299 g/mol. The number of rotatable bonds is 2. The molecule has 94 valence electrons. The van der Waals surface area contributed by atoms with Crippen LogP contribution < -0.4 is 4.90 Å². The Balaban J connectivity index is 2.38. The number of hydrogen-bond acceptors (Lipinski definition) is 1. The fourth-order valence-corrected chi connectivity index (χ4v) is 3.09. The number of anilines is 1. The van der Waals surface area contributed by atoms with Gasteiger partial charge in [0.1, 0.15) is 5.82 Å². The van der Waals surface area contributed by atoms with Crippen LogP contribution in [0.15, 0.2) is 18.2 Å². The van der Waals surface area contributed by atoms with Crippen molar-refractivity contribution in [3.05, 3.63) is 29.6 Å². The maximum atomic E-state index is 14.1. The van der Waals surface area contributed by atoms with Gasteiger partial charge >= 0.3 is 0 Å². The van der Waals surface area contributed by atoms with Gasteiger partial charge in [0, 0.05) is 17.9 Å². The highest BCUT2D eigenvalue weighted by molar-refractivity contribution is 9.08. The first kappa shape index (κ1) is 12.9. The molecule has 0 aliphatic carbocycles. The van der Waals surface area contributed by atoms with Gasteiger partial charge in [-0.05, 0) is 37.3 Å². The third kappa shape index (κ3) is 2.49. The van der Waals surface area contributed by atoms with Crippen LogP contribution in [0.2, 0.25) is 0 Å². The summed E-state index contributed by atoms with van der Waals surface area (Å²) in [5.74, 6) is 0.537. The molecule has 0 saturated carbocycles. The van der Waals surface area contributed by atoms with Gasteiger partial charge in [0.15, 0.2) is 0 Å². The molecule has 0 spiro atoms. The Bertz CT molecular complexity index is 394. The van der Waals surface area contributed by atoms with Crippen molar-refractivity contribution in [3.8, 4) is 0 Å². The minimum Gasteiger partial charge on any atom is -0.366 e. The molecule has 0 radical (unpaired) electrons. The first-order valence-corrected chi connectivity index (χ1v) is 7.37. The molecule has 0 amide bonds. The van der Waals surface area contributed by atoms with Crippen molar-refractivity contribution in [3.63, 3.8) is 0 Å². The van der Waals surface area contributed by atoms with Crippen LogP contribution in [0.5, 0.6) is 0 Å². The van der Waals surface area contributed by atoms with E-state index < -0.39 is 0 Å². The third-order valence-corrected chi connectivity index (χ3v) is 4.48. The maximum absolute atomic E-state index is 14.1. The summed E-state index contributed by atoms with van der Waals surface area (Å²) in [4.78, 5) is 2.24. The van der Waals surface area contributed by atoms with Crippen molar-refractivity contribution < 1.29 is 4.39 Å². The highest BCUT2D eigenvalue weighted by Gasteiger charge is 2.27. The highest BCUT2D eigenvalue weighted by atomic mass is 79.9. The summed E-state index contributed by atoms with van der Waals surface area (Å²) in [7, 11) is 0. The van der Waals surface area contributed by atoms with Gasteiger partial charge in [-0.1, -0.05) is 35.0 Å². The molecule has 1 heterocycles. The molecule has 0 bridgehead atoms. The van der Waals surface area contributed by atoms with E-state index in [-0.39, 0.29) is 5.82 Å². The van der Waals surface area contributed by atoms with Gasteiger partial charge in [-0.2, -0.15) is 0 Å². The van der Waals surface area contributed by atoms with Crippen LogP contribution in [0, 0.1) is 11.7 Å². The summed E-state index contributed by atoms with van der Waals surface area (Å²) in [6.45, 7) is 5.42. The van der Waals surface area contributed by atoms with Gasteiger partial charge in [0.25, 0.3) is 0 Å². The molecule has 1 aromatic carbocycles. The van der Waals surface area contributed by atoms with Gasteiger partial charge in [0.05, 0.1) is 5.69 Å². The lowest BCUT2D eigenvalue weighted by Crippen LogP contribution is -2.43. The summed E-state index contributed by atoms with van der Waals surface area (Å²) < 4.78 is 14.1. The minimum atomic E-state index is -0.0945. The van der Waals surface area contributed by atoms with Crippen LogP contribution in [0.25, 0.3) is 0 Å². The van der Waals surface area contributed by atoms with E-state index in [0.29, 0.717) is 17.3 Å². The first-order valence-electron chi connectivity index (χ1n) is 6.25. The zero-order chi connectivity index (χ0) is 12.4. The fraction of sp³-hybridized carbons (Fsp3) is 0.571. The average molecular weight is 300 g/mol. The second kappa shape index (κ2) is 5.38. The molecule has 1 aliphatic rings. The quantitative estimate of drug-likeness (QED) is 0.734. The minimum absolute atomic E-state index is 0.0945. The zero-order valence-electron chi connectivity index (χ0n) is 10.4. The summed E-state index contributed by atoms with van der Waals surface area (Å²) in [6.07, 6.45) is 2.40. The Kier molecular flexibility index (Phi) is 4.08. The van der Waals surface area contributed by atoms with Crippen LogP contribution in [0.3, 0.4) is 0 Å². The van der Waals surface area contributed by atoms with E-state index in [0.717, 1.165) is 24.2 Å². The molecule has 1 fully saturated rings. The Labute approximate surface area is 111 Å². The van der Waals surface area contributed by atoms with E-state index in [4.69, 9.17) is 0 Å². The van der Waals surface area contributed by atoms with Crippen molar-refractivity contribution in [1.29, 1.82) is 0 Å². The molecular weight excluding hydrogens is 281 g/mol. The molecule has 3 heteroatoms.